The number of carbonyl (C=O) groups is 1. The van der Waals surface area contributed by atoms with E-state index in [1.807, 2.05) is 0 Å². The SMILES string of the molecule is CC(C)C(=O)N[C@H]1CCS(=O)(=O)C1. The zero-order chi connectivity index (χ0) is 10.1. The second-order valence-electron chi connectivity index (χ2n) is 3.76. The molecule has 13 heavy (non-hydrogen) atoms. The standard InChI is InChI=1S/C8H15NO3S/c1-6(2)8(10)9-7-3-4-13(11,12)5-7/h6-7H,3-5H2,1-2H3,(H,9,10)/t7-/m0/s1. The molecule has 4 nitrogen and oxygen atoms in total. The zero-order valence-electron chi connectivity index (χ0n) is 7.91. The first-order valence-electron chi connectivity index (χ1n) is 4.41. The molecule has 1 fully saturated rings. The third kappa shape index (κ3) is 2.99. The number of hydrogen-bond donors (Lipinski definition) is 1. The molecule has 1 rings (SSSR count). The van der Waals surface area contributed by atoms with Gasteiger partial charge in [-0.05, 0) is 6.42 Å². The molecule has 1 atom stereocenters. The summed E-state index contributed by atoms with van der Waals surface area (Å²) in [5.41, 5.74) is 0. The Kier molecular flexibility index (Phi) is 2.95. The van der Waals surface area contributed by atoms with Crippen LogP contribution in [0.4, 0.5) is 0 Å². The van der Waals surface area contributed by atoms with E-state index in [1.165, 1.54) is 0 Å². The highest BCUT2D eigenvalue weighted by molar-refractivity contribution is 7.91. The minimum atomic E-state index is -2.88. The van der Waals surface area contributed by atoms with Gasteiger partial charge >= 0.3 is 0 Å². The van der Waals surface area contributed by atoms with Gasteiger partial charge in [0.1, 0.15) is 0 Å². The Morgan fingerprint density at radius 2 is 2.08 bits per heavy atom. The Bertz CT molecular complexity index is 295. The van der Waals surface area contributed by atoms with Crippen LogP contribution in [0.2, 0.25) is 0 Å². The second-order valence-corrected chi connectivity index (χ2v) is 5.99. The minimum Gasteiger partial charge on any atom is -0.352 e. The summed E-state index contributed by atoms with van der Waals surface area (Å²) in [6.07, 6.45) is 0.556. The molecule has 1 N–H and O–H groups in total. The Hall–Kier alpha value is -0.580. The van der Waals surface area contributed by atoms with Gasteiger partial charge < -0.3 is 5.32 Å². The molecule has 76 valence electrons. The van der Waals surface area contributed by atoms with Gasteiger partial charge in [-0.2, -0.15) is 0 Å². The van der Waals surface area contributed by atoms with E-state index in [9.17, 15) is 13.2 Å². The third-order valence-electron chi connectivity index (χ3n) is 2.10. The molecule has 0 radical (unpaired) electrons. The fourth-order valence-electron chi connectivity index (χ4n) is 1.28. The molecule has 5 heteroatoms. The van der Waals surface area contributed by atoms with E-state index in [1.54, 1.807) is 13.8 Å². The summed E-state index contributed by atoms with van der Waals surface area (Å²) in [5.74, 6) is 0.159. The summed E-state index contributed by atoms with van der Waals surface area (Å²) < 4.78 is 22.1. The van der Waals surface area contributed by atoms with Crippen molar-refractivity contribution in [2.45, 2.75) is 26.3 Å². The van der Waals surface area contributed by atoms with Crippen LogP contribution < -0.4 is 5.32 Å². The van der Waals surface area contributed by atoms with E-state index in [4.69, 9.17) is 0 Å². The molecule has 0 aliphatic carbocycles. The largest absolute Gasteiger partial charge is 0.352 e. The molecule has 0 spiro atoms. The molecule has 1 aliphatic heterocycles. The van der Waals surface area contributed by atoms with E-state index >= 15 is 0 Å². The van der Waals surface area contributed by atoms with Crippen LogP contribution in [0, 0.1) is 5.92 Å². The van der Waals surface area contributed by atoms with Gasteiger partial charge in [0.15, 0.2) is 9.84 Å². The van der Waals surface area contributed by atoms with Gasteiger partial charge in [-0.15, -0.1) is 0 Å². The zero-order valence-corrected chi connectivity index (χ0v) is 8.73. The minimum absolute atomic E-state index is 0.0675. The lowest BCUT2D eigenvalue weighted by Crippen LogP contribution is -2.38. The molecule has 1 heterocycles. The van der Waals surface area contributed by atoms with E-state index in [2.05, 4.69) is 5.32 Å². The smallest absolute Gasteiger partial charge is 0.222 e. The molecule has 1 amide bonds. The molecule has 0 aromatic heterocycles. The topological polar surface area (TPSA) is 63.2 Å². The van der Waals surface area contributed by atoms with Crippen molar-refractivity contribution < 1.29 is 13.2 Å². The quantitative estimate of drug-likeness (QED) is 0.687. The maximum Gasteiger partial charge on any atom is 0.222 e. The van der Waals surface area contributed by atoms with Crippen molar-refractivity contribution in [1.29, 1.82) is 0 Å². The van der Waals surface area contributed by atoms with Gasteiger partial charge in [0.05, 0.1) is 11.5 Å². The van der Waals surface area contributed by atoms with Crippen molar-refractivity contribution in [3.05, 3.63) is 0 Å². The van der Waals surface area contributed by atoms with Gasteiger partial charge in [0, 0.05) is 12.0 Å². The molecular weight excluding hydrogens is 190 g/mol. The molecule has 0 aromatic carbocycles. The van der Waals surface area contributed by atoms with Crippen molar-refractivity contribution in [1.82, 2.24) is 5.32 Å². The number of nitrogens with one attached hydrogen (secondary N) is 1. The number of carbonyl (C=O) groups excluding carboxylic acids is 1. The summed E-state index contributed by atoms with van der Waals surface area (Å²) in [7, 11) is -2.88. The first kappa shape index (κ1) is 10.5. The van der Waals surface area contributed by atoms with E-state index in [-0.39, 0.29) is 29.4 Å². The number of amides is 1. The molecule has 1 aliphatic rings. The predicted molar refractivity (Wildman–Crippen MR) is 50.0 cm³/mol. The monoisotopic (exact) mass is 205 g/mol. The van der Waals surface area contributed by atoms with Crippen LogP contribution in [0.15, 0.2) is 0 Å². The third-order valence-corrected chi connectivity index (χ3v) is 3.87. The van der Waals surface area contributed by atoms with Crippen LogP contribution in [-0.4, -0.2) is 31.9 Å². The Morgan fingerprint density at radius 3 is 2.46 bits per heavy atom. The van der Waals surface area contributed by atoms with Crippen LogP contribution in [0.1, 0.15) is 20.3 Å². The molecular formula is C8H15NO3S. The van der Waals surface area contributed by atoms with Gasteiger partial charge in [-0.25, -0.2) is 8.42 Å². The highest BCUT2D eigenvalue weighted by Gasteiger charge is 2.29. The van der Waals surface area contributed by atoms with Crippen LogP contribution in [0.3, 0.4) is 0 Å². The van der Waals surface area contributed by atoms with Gasteiger partial charge in [0.25, 0.3) is 0 Å². The van der Waals surface area contributed by atoms with Crippen molar-refractivity contribution in [2.75, 3.05) is 11.5 Å². The number of hydrogen-bond acceptors (Lipinski definition) is 3. The Labute approximate surface area is 78.6 Å². The fraction of sp³-hybridized carbons (Fsp3) is 0.875. The summed E-state index contributed by atoms with van der Waals surface area (Å²) in [5, 5.41) is 2.72. The average Bonchev–Trinajstić information content (AvgIpc) is 2.30. The van der Waals surface area contributed by atoms with Gasteiger partial charge in [-0.1, -0.05) is 13.8 Å². The normalized spacial score (nSPS) is 26.2. The Morgan fingerprint density at radius 1 is 1.46 bits per heavy atom. The predicted octanol–water partition coefficient (Wildman–Crippen LogP) is -0.0543. The van der Waals surface area contributed by atoms with Crippen molar-refractivity contribution in [3.8, 4) is 0 Å². The highest BCUT2D eigenvalue weighted by Crippen LogP contribution is 2.11. The fourth-order valence-corrected chi connectivity index (χ4v) is 2.95. The summed E-state index contributed by atoms with van der Waals surface area (Å²) >= 11 is 0. The summed E-state index contributed by atoms with van der Waals surface area (Å²) in [4.78, 5) is 11.2. The Balaban J connectivity index is 2.46. The molecule has 1 saturated heterocycles. The van der Waals surface area contributed by atoms with Crippen LogP contribution in [-0.2, 0) is 14.6 Å². The number of rotatable bonds is 2. The first-order chi connectivity index (χ1) is 5.91. The second kappa shape index (κ2) is 3.65. The first-order valence-corrected chi connectivity index (χ1v) is 6.23. The van der Waals surface area contributed by atoms with E-state index in [0.717, 1.165) is 0 Å². The molecule has 0 bridgehead atoms. The van der Waals surface area contributed by atoms with Crippen LogP contribution in [0.5, 0.6) is 0 Å². The summed E-state index contributed by atoms with van der Waals surface area (Å²) in [6.45, 7) is 3.58. The van der Waals surface area contributed by atoms with Crippen molar-refractivity contribution in [3.63, 3.8) is 0 Å². The lowest BCUT2D eigenvalue weighted by Gasteiger charge is -2.12. The highest BCUT2D eigenvalue weighted by atomic mass is 32.2. The van der Waals surface area contributed by atoms with Crippen LogP contribution >= 0.6 is 0 Å². The molecule has 0 aromatic rings. The van der Waals surface area contributed by atoms with Crippen LogP contribution in [0.25, 0.3) is 0 Å². The lowest BCUT2D eigenvalue weighted by atomic mass is 10.2. The summed E-state index contributed by atoms with van der Waals surface area (Å²) in [6, 6.07) is -0.167. The van der Waals surface area contributed by atoms with Crippen molar-refractivity contribution in [2.24, 2.45) is 5.92 Å². The number of sulfone groups is 1. The maximum absolute atomic E-state index is 11.2. The molecule has 0 unspecified atom stereocenters. The van der Waals surface area contributed by atoms with Crippen molar-refractivity contribution >= 4 is 15.7 Å². The van der Waals surface area contributed by atoms with E-state index in [0.29, 0.717) is 6.42 Å². The molecule has 0 saturated carbocycles. The maximum atomic E-state index is 11.2. The van der Waals surface area contributed by atoms with Gasteiger partial charge in [0.2, 0.25) is 5.91 Å². The average molecular weight is 205 g/mol. The lowest BCUT2D eigenvalue weighted by molar-refractivity contribution is -0.124. The van der Waals surface area contributed by atoms with E-state index < -0.39 is 9.84 Å². The van der Waals surface area contributed by atoms with Gasteiger partial charge in [-0.3, -0.25) is 4.79 Å².